The van der Waals surface area contributed by atoms with Crippen LogP contribution in [0.1, 0.15) is 5.56 Å². The molecule has 1 aromatic carbocycles. The third-order valence-electron chi connectivity index (χ3n) is 2.52. The summed E-state index contributed by atoms with van der Waals surface area (Å²) in [6, 6.07) is 4.13. The number of phenolic OH excluding ortho intramolecular Hbond substituents is 1. The number of carboxylic acid groups (broad SMARTS) is 1. The lowest BCUT2D eigenvalue weighted by molar-refractivity contribution is -0.138. The second kappa shape index (κ2) is 5.07. The van der Waals surface area contributed by atoms with Crippen LogP contribution in [0.2, 0.25) is 0 Å². The van der Waals surface area contributed by atoms with Crippen molar-refractivity contribution in [3.8, 4) is 5.75 Å². The number of aromatic amines is 1. The first-order chi connectivity index (χ1) is 7.59. The van der Waals surface area contributed by atoms with Crippen molar-refractivity contribution in [1.29, 1.82) is 0 Å². The van der Waals surface area contributed by atoms with Crippen molar-refractivity contribution in [3.05, 3.63) is 30.0 Å². The van der Waals surface area contributed by atoms with Crippen molar-refractivity contribution in [2.24, 2.45) is 5.73 Å². The van der Waals surface area contributed by atoms with Gasteiger partial charge in [-0.1, -0.05) is 6.07 Å². The lowest BCUT2D eigenvalue weighted by Gasteiger charge is -2.05. The quantitative estimate of drug-likeness (QED) is 0.664. The Hall–Kier alpha value is -1.72. The van der Waals surface area contributed by atoms with Crippen LogP contribution in [0.3, 0.4) is 0 Å². The van der Waals surface area contributed by atoms with Crippen LogP contribution < -0.4 is 5.73 Å². The van der Waals surface area contributed by atoms with Gasteiger partial charge in [0, 0.05) is 23.5 Å². The third kappa shape index (κ3) is 2.51. The Labute approximate surface area is 104 Å². The maximum Gasteiger partial charge on any atom is 0.320 e. The molecule has 1 atom stereocenters. The maximum absolute atomic E-state index is 10.6. The number of carbonyl (C=O) groups is 1. The molecule has 0 bridgehead atoms. The molecule has 0 fully saturated rings. The van der Waals surface area contributed by atoms with Gasteiger partial charge in [-0.15, -0.1) is 12.4 Å². The summed E-state index contributed by atoms with van der Waals surface area (Å²) in [6.45, 7) is 0. The molecule has 0 aliphatic heterocycles. The van der Waals surface area contributed by atoms with Crippen LogP contribution in [0.25, 0.3) is 10.9 Å². The highest BCUT2D eigenvalue weighted by atomic mass is 35.5. The molecule has 17 heavy (non-hydrogen) atoms. The van der Waals surface area contributed by atoms with Gasteiger partial charge in [0.2, 0.25) is 0 Å². The molecule has 0 saturated carbocycles. The van der Waals surface area contributed by atoms with Gasteiger partial charge in [-0.25, -0.2) is 0 Å². The maximum atomic E-state index is 10.6. The SMILES string of the molecule is Cl.NC(Cc1c[nH]c2cccc(O)c12)C(=O)O. The largest absolute Gasteiger partial charge is 0.507 e. The zero-order chi connectivity index (χ0) is 11.7. The number of nitrogens with two attached hydrogens (primary N) is 1. The minimum absolute atomic E-state index is 0. The van der Waals surface area contributed by atoms with Gasteiger partial charge in [-0.3, -0.25) is 4.79 Å². The monoisotopic (exact) mass is 256 g/mol. The molecule has 2 rings (SSSR count). The summed E-state index contributed by atoms with van der Waals surface area (Å²) in [7, 11) is 0. The van der Waals surface area contributed by atoms with Crippen molar-refractivity contribution in [2.45, 2.75) is 12.5 Å². The summed E-state index contributed by atoms with van der Waals surface area (Å²) in [5.74, 6) is -0.920. The summed E-state index contributed by atoms with van der Waals surface area (Å²) in [4.78, 5) is 13.6. The fourth-order valence-corrected chi connectivity index (χ4v) is 1.72. The van der Waals surface area contributed by atoms with Crippen molar-refractivity contribution in [1.82, 2.24) is 4.98 Å². The van der Waals surface area contributed by atoms with Gasteiger partial charge in [-0.2, -0.15) is 0 Å². The molecule has 1 unspecified atom stereocenters. The minimum atomic E-state index is -1.05. The fraction of sp³-hybridized carbons (Fsp3) is 0.182. The molecular formula is C11H13ClN2O3. The molecule has 0 aliphatic rings. The van der Waals surface area contributed by atoms with Crippen molar-refractivity contribution in [3.63, 3.8) is 0 Å². The summed E-state index contributed by atoms with van der Waals surface area (Å²) in [6.07, 6.45) is 1.86. The van der Waals surface area contributed by atoms with Crippen LogP contribution in [-0.4, -0.2) is 27.2 Å². The van der Waals surface area contributed by atoms with Crippen molar-refractivity contribution >= 4 is 29.3 Å². The number of fused-ring (bicyclic) bond motifs is 1. The topological polar surface area (TPSA) is 99.3 Å². The number of carboxylic acids is 1. The predicted molar refractivity (Wildman–Crippen MR) is 66.5 cm³/mol. The first-order valence-electron chi connectivity index (χ1n) is 4.86. The number of aromatic nitrogens is 1. The number of aromatic hydroxyl groups is 1. The van der Waals surface area contributed by atoms with Crippen LogP contribution in [0.15, 0.2) is 24.4 Å². The average Bonchev–Trinajstić information content (AvgIpc) is 2.63. The van der Waals surface area contributed by atoms with E-state index in [9.17, 15) is 9.90 Å². The fourth-order valence-electron chi connectivity index (χ4n) is 1.72. The molecule has 0 spiro atoms. The number of H-pyrrole nitrogens is 1. The average molecular weight is 257 g/mol. The van der Waals surface area contributed by atoms with Gasteiger partial charge in [0.05, 0.1) is 0 Å². The molecule has 5 N–H and O–H groups in total. The molecule has 1 aromatic heterocycles. The standard InChI is InChI=1S/C11H12N2O3.ClH/c12-7(11(15)16)4-6-5-13-8-2-1-3-9(14)10(6)8;/h1-3,5,7,13-14H,4,12H2,(H,15,16);1H. The van der Waals surface area contributed by atoms with Crippen LogP contribution in [0.5, 0.6) is 5.75 Å². The van der Waals surface area contributed by atoms with E-state index in [2.05, 4.69) is 4.98 Å². The molecule has 0 radical (unpaired) electrons. The van der Waals surface area contributed by atoms with E-state index in [0.717, 1.165) is 5.52 Å². The first-order valence-corrected chi connectivity index (χ1v) is 4.86. The second-order valence-corrected chi connectivity index (χ2v) is 3.66. The van der Waals surface area contributed by atoms with E-state index in [1.54, 1.807) is 18.3 Å². The normalized spacial score (nSPS) is 12.1. The van der Waals surface area contributed by atoms with E-state index in [1.807, 2.05) is 6.07 Å². The number of phenols is 1. The van der Waals surface area contributed by atoms with Crippen LogP contribution in [-0.2, 0) is 11.2 Å². The van der Waals surface area contributed by atoms with Gasteiger partial charge >= 0.3 is 5.97 Å². The Balaban J connectivity index is 0.00000144. The van der Waals surface area contributed by atoms with Crippen molar-refractivity contribution in [2.75, 3.05) is 0 Å². The Morgan fingerprint density at radius 2 is 2.18 bits per heavy atom. The Morgan fingerprint density at radius 3 is 2.82 bits per heavy atom. The predicted octanol–water partition coefficient (Wildman–Crippen LogP) is 1.25. The molecule has 1 heterocycles. The Morgan fingerprint density at radius 1 is 1.47 bits per heavy atom. The number of hydrogen-bond donors (Lipinski definition) is 4. The highest BCUT2D eigenvalue weighted by Crippen LogP contribution is 2.28. The van der Waals surface area contributed by atoms with Crippen LogP contribution in [0.4, 0.5) is 0 Å². The number of halogens is 1. The zero-order valence-electron chi connectivity index (χ0n) is 8.88. The number of benzene rings is 1. The number of rotatable bonds is 3. The highest BCUT2D eigenvalue weighted by molar-refractivity contribution is 5.89. The third-order valence-corrected chi connectivity index (χ3v) is 2.52. The van der Waals surface area contributed by atoms with Gasteiger partial charge < -0.3 is 20.9 Å². The lowest BCUT2D eigenvalue weighted by Crippen LogP contribution is -2.32. The summed E-state index contributed by atoms with van der Waals surface area (Å²) in [5.41, 5.74) is 6.94. The first kappa shape index (κ1) is 13.3. The van der Waals surface area contributed by atoms with Gasteiger partial charge in [0.25, 0.3) is 0 Å². The smallest absolute Gasteiger partial charge is 0.320 e. The molecule has 92 valence electrons. The minimum Gasteiger partial charge on any atom is -0.507 e. The number of nitrogens with one attached hydrogen (secondary N) is 1. The van der Waals surface area contributed by atoms with Gasteiger partial charge in [0.15, 0.2) is 0 Å². The van der Waals surface area contributed by atoms with E-state index in [4.69, 9.17) is 10.8 Å². The summed E-state index contributed by atoms with van der Waals surface area (Å²) >= 11 is 0. The van der Waals surface area contributed by atoms with E-state index in [1.165, 1.54) is 0 Å². The Kier molecular flexibility index (Phi) is 3.98. The van der Waals surface area contributed by atoms with E-state index >= 15 is 0 Å². The molecule has 6 heteroatoms. The number of aliphatic carboxylic acids is 1. The molecule has 0 amide bonds. The van der Waals surface area contributed by atoms with Crippen molar-refractivity contribution < 1.29 is 15.0 Å². The molecule has 5 nitrogen and oxygen atoms in total. The van der Waals surface area contributed by atoms with E-state index < -0.39 is 12.0 Å². The molecular weight excluding hydrogens is 244 g/mol. The van der Waals surface area contributed by atoms with Gasteiger partial charge in [0.1, 0.15) is 11.8 Å². The highest BCUT2D eigenvalue weighted by Gasteiger charge is 2.16. The number of hydrogen-bond acceptors (Lipinski definition) is 3. The zero-order valence-corrected chi connectivity index (χ0v) is 9.70. The van der Waals surface area contributed by atoms with Gasteiger partial charge in [-0.05, 0) is 17.7 Å². The van der Waals surface area contributed by atoms with E-state index in [0.29, 0.717) is 10.9 Å². The summed E-state index contributed by atoms with van der Waals surface area (Å²) < 4.78 is 0. The second-order valence-electron chi connectivity index (χ2n) is 3.66. The molecule has 0 saturated heterocycles. The lowest BCUT2D eigenvalue weighted by atomic mass is 10.1. The summed E-state index contributed by atoms with van der Waals surface area (Å²) in [5, 5.41) is 19.0. The van der Waals surface area contributed by atoms with Crippen LogP contribution in [0, 0.1) is 0 Å². The molecule has 2 aromatic rings. The van der Waals surface area contributed by atoms with Crippen LogP contribution >= 0.6 is 12.4 Å². The van der Waals surface area contributed by atoms with E-state index in [-0.39, 0.29) is 24.6 Å². The Bertz CT molecular complexity index is 538. The molecule has 0 aliphatic carbocycles.